The maximum absolute atomic E-state index is 13.8. The fourth-order valence-electron chi connectivity index (χ4n) is 1.88. The van der Waals surface area contributed by atoms with Crippen LogP contribution in [0.15, 0.2) is 18.2 Å². The summed E-state index contributed by atoms with van der Waals surface area (Å²) >= 11 is 0. The Balaban J connectivity index is 2.46. The van der Waals surface area contributed by atoms with Crippen molar-refractivity contribution in [3.8, 4) is 0 Å². The van der Waals surface area contributed by atoms with Gasteiger partial charge in [0, 0.05) is 24.3 Å². The zero-order valence-electron chi connectivity index (χ0n) is 14.0. The number of ether oxygens (including phenoxy) is 1. The van der Waals surface area contributed by atoms with Gasteiger partial charge in [-0.05, 0) is 65.5 Å². The van der Waals surface area contributed by atoms with Gasteiger partial charge in [-0.1, -0.05) is 6.07 Å². The second-order valence-electron chi connectivity index (χ2n) is 6.74. The first-order valence-electron chi connectivity index (χ1n) is 7.53. The maximum atomic E-state index is 13.8. The molecule has 1 aromatic rings. The molecule has 0 aliphatic carbocycles. The van der Waals surface area contributed by atoms with E-state index in [1.54, 1.807) is 0 Å². The summed E-state index contributed by atoms with van der Waals surface area (Å²) in [6, 6.07) is 5.24. The van der Waals surface area contributed by atoms with Gasteiger partial charge in [0.25, 0.3) is 0 Å². The molecule has 0 bridgehead atoms. The Hall–Kier alpha value is -0.970. The smallest absolute Gasteiger partial charge is 0.128 e. The Kier molecular flexibility index (Phi) is 7.29. The lowest BCUT2D eigenvalue weighted by Gasteiger charge is -2.20. The van der Waals surface area contributed by atoms with Crippen molar-refractivity contribution in [2.24, 2.45) is 0 Å². The molecule has 0 saturated carbocycles. The average Bonchev–Trinajstić information content (AvgIpc) is 2.37. The third-order valence-corrected chi connectivity index (χ3v) is 3.08. The fourth-order valence-corrected chi connectivity index (χ4v) is 1.88. The molecule has 120 valence electrons. The quantitative estimate of drug-likeness (QED) is 0.746. The van der Waals surface area contributed by atoms with E-state index >= 15 is 0 Å². The van der Waals surface area contributed by atoms with Crippen molar-refractivity contribution >= 4 is 0 Å². The van der Waals surface area contributed by atoms with Gasteiger partial charge in [-0.15, -0.1) is 0 Å². The highest BCUT2D eigenvalue weighted by Gasteiger charge is 2.10. The van der Waals surface area contributed by atoms with Crippen molar-refractivity contribution in [3.63, 3.8) is 0 Å². The summed E-state index contributed by atoms with van der Waals surface area (Å²) in [5.41, 5.74) is 1.77. The van der Waals surface area contributed by atoms with E-state index < -0.39 is 0 Å². The molecule has 0 radical (unpaired) electrons. The summed E-state index contributed by atoms with van der Waals surface area (Å²) in [6.07, 6.45) is 0.958. The summed E-state index contributed by atoms with van der Waals surface area (Å²) in [7, 11) is 4.07. The molecule has 0 saturated heterocycles. The van der Waals surface area contributed by atoms with Gasteiger partial charge >= 0.3 is 0 Å². The molecular formula is C17H29FN2O. The molecule has 3 nitrogen and oxygen atoms in total. The van der Waals surface area contributed by atoms with Crippen LogP contribution < -0.4 is 5.32 Å². The van der Waals surface area contributed by atoms with Crippen LogP contribution >= 0.6 is 0 Å². The predicted octanol–water partition coefficient (Wildman–Crippen LogP) is 3.18. The van der Waals surface area contributed by atoms with Crippen molar-refractivity contribution in [2.45, 2.75) is 45.9 Å². The third kappa shape index (κ3) is 8.15. The van der Waals surface area contributed by atoms with Crippen LogP contribution in [0.1, 0.15) is 38.3 Å². The Bertz CT molecular complexity index is 427. The third-order valence-electron chi connectivity index (χ3n) is 3.08. The van der Waals surface area contributed by atoms with Crippen molar-refractivity contribution in [1.29, 1.82) is 0 Å². The Morgan fingerprint density at radius 2 is 1.95 bits per heavy atom. The zero-order chi connectivity index (χ0) is 15.9. The molecule has 0 aliphatic heterocycles. The SMILES string of the molecule is CN(C)CCCOCc1cc(CNC(C)(C)C)ccc1F. The standard InChI is InChI=1S/C17H29FN2O/c1-17(2,3)19-12-14-7-8-16(18)15(11-14)13-21-10-6-9-20(4)5/h7-8,11,19H,6,9-10,12-13H2,1-5H3. The van der Waals surface area contributed by atoms with Crippen molar-refractivity contribution in [1.82, 2.24) is 10.2 Å². The van der Waals surface area contributed by atoms with Crippen LogP contribution in [0.5, 0.6) is 0 Å². The van der Waals surface area contributed by atoms with E-state index in [9.17, 15) is 4.39 Å². The number of benzene rings is 1. The molecule has 1 N–H and O–H groups in total. The second-order valence-corrected chi connectivity index (χ2v) is 6.74. The van der Waals surface area contributed by atoms with Crippen molar-refractivity contribution in [2.75, 3.05) is 27.2 Å². The normalized spacial score (nSPS) is 12.1. The number of hydrogen-bond donors (Lipinski definition) is 1. The van der Waals surface area contributed by atoms with Crippen LogP contribution in [0.2, 0.25) is 0 Å². The minimum absolute atomic E-state index is 0.0528. The molecule has 0 aromatic heterocycles. The summed E-state index contributed by atoms with van der Waals surface area (Å²) in [4.78, 5) is 2.11. The average molecular weight is 296 g/mol. The van der Waals surface area contributed by atoms with E-state index in [0.717, 1.165) is 25.1 Å². The van der Waals surface area contributed by atoms with Crippen LogP contribution in [0.3, 0.4) is 0 Å². The summed E-state index contributed by atoms with van der Waals surface area (Å²) < 4.78 is 19.3. The lowest BCUT2D eigenvalue weighted by Crippen LogP contribution is -2.35. The van der Waals surface area contributed by atoms with Gasteiger partial charge < -0.3 is 15.0 Å². The van der Waals surface area contributed by atoms with Gasteiger partial charge in [0.15, 0.2) is 0 Å². The highest BCUT2D eigenvalue weighted by Crippen LogP contribution is 2.13. The number of rotatable bonds is 8. The van der Waals surface area contributed by atoms with E-state index in [4.69, 9.17) is 4.74 Å². The summed E-state index contributed by atoms with van der Waals surface area (Å²) in [5.74, 6) is -0.192. The Morgan fingerprint density at radius 3 is 2.57 bits per heavy atom. The van der Waals surface area contributed by atoms with E-state index in [-0.39, 0.29) is 11.4 Å². The van der Waals surface area contributed by atoms with Crippen LogP contribution in [-0.2, 0) is 17.9 Å². The Morgan fingerprint density at radius 1 is 1.24 bits per heavy atom. The molecule has 0 fully saturated rings. The summed E-state index contributed by atoms with van der Waals surface area (Å²) in [5, 5.41) is 3.40. The van der Waals surface area contributed by atoms with E-state index in [1.807, 2.05) is 26.2 Å². The molecule has 0 atom stereocenters. The molecule has 1 rings (SSSR count). The Labute approximate surface area is 128 Å². The lowest BCUT2D eigenvalue weighted by molar-refractivity contribution is 0.111. The van der Waals surface area contributed by atoms with Gasteiger partial charge in [-0.25, -0.2) is 4.39 Å². The zero-order valence-corrected chi connectivity index (χ0v) is 14.0. The highest BCUT2D eigenvalue weighted by molar-refractivity contribution is 5.24. The molecule has 0 aliphatic rings. The molecule has 21 heavy (non-hydrogen) atoms. The van der Waals surface area contributed by atoms with Crippen LogP contribution in [0, 0.1) is 5.82 Å². The largest absolute Gasteiger partial charge is 0.377 e. The molecule has 4 heteroatoms. The number of halogens is 1. The second kappa shape index (κ2) is 8.47. The van der Waals surface area contributed by atoms with Gasteiger partial charge in [0.1, 0.15) is 5.82 Å². The first kappa shape index (κ1) is 18.1. The molecule has 1 aromatic carbocycles. The van der Waals surface area contributed by atoms with E-state index in [2.05, 4.69) is 31.0 Å². The number of hydrogen-bond acceptors (Lipinski definition) is 3. The van der Waals surface area contributed by atoms with Gasteiger partial charge in [-0.3, -0.25) is 0 Å². The first-order chi connectivity index (χ1) is 9.78. The number of nitrogens with zero attached hydrogens (tertiary/aromatic N) is 1. The van der Waals surface area contributed by atoms with Crippen LogP contribution in [0.4, 0.5) is 4.39 Å². The minimum Gasteiger partial charge on any atom is -0.377 e. The first-order valence-corrected chi connectivity index (χ1v) is 7.53. The van der Waals surface area contributed by atoms with E-state index in [0.29, 0.717) is 18.8 Å². The fraction of sp³-hybridized carbons (Fsp3) is 0.647. The topological polar surface area (TPSA) is 24.5 Å². The minimum atomic E-state index is -0.192. The van der Waals surface area contributed by atoms with Gasteiger partial charge in [0.05, 0.1) is 6.61 Å². The maximum Gasteiger partial charge on any atom is 0.128 e. The van der Waals surface area contributed by atoms with Gasteiger partial charge in [-0.2, -0.15) is 0 Å². The molecule has 0 heterocycles. The van der Waals surface area contributed by atoms with E-state index in [1.165, 1.54) is 6.07 Å². The van der Waals surface area contributed by atoms with Gasteiger partial charge in [0.2, 0.25) is 0 Å². The summed E-state index contributed by atoms with van der Waals surface area (Å²) in [6.45, 7) is 9.06. The van der Waals surface area contributed by atoms with Crippen LogP contribution in [0.25, 0.3) is 0 Å². The number of nitrogens with one attached hydrogen (secondary N) is 1. The monoisotopic (exact) mass is 296 g/mol. The van der Waals surface area contributed by atoms with Crippen molar-refractivity contribution < 1.29 is 9.13 Å². The molecule has 0 amide bonds. The molecular weight excluding hydrogens is 267 g/mol. The van der Waals surface area contributed by atoms with Crippen LogP contribution in [-0.4, -0.2) is 37.7 Å². The van der Waals surface area contributed by atoms with Crippen molar-refractivity contribution in [3.05, 3.63) is 35.1 Å². The predicted molar refractivity (Wildman–Crippen MR) is 85.8 cm³/mol. The highest BCUT2D eigenvalue weighted by atomic mass is 19.1. The molecule has 0 spiro atoms. The molecule has 0 unspecified atom stereocenters. The lowest BCUT2D eigenvalue weighted by atomic mass is 10.1.